The summed E-state index contributed by atoms with van der Waals surface area (Å²) in [5.74, 6) is 0.451. The van der Waals surface area contributed by atoms with Crippen molar-refractivity contribution in [3.05, 3.63) is 58.8 Å². The Morgan fingerprint density at radius 3 is 3.05 bits per heavy atom. The normalized spacial score (nSPS) is 12.7. The van der Waals surface area contributed by atoms with Crippen LogP contribution >= 0.6 is 11.3 Å². The quantitative estimate of drug-likeness (QED) is 0.777. The van der Waals surface area contributed by atoms with Gasteiger partial charge in [-0.15, -0.1) is 11.3 Å². The van der Waals surface area contributed by atoms with Crippen LogP contribution in [0.2, 0.25) is 0 Å². The Balaban J connectivity index is 1.66. The van der Waals surface area contributed by atoms with Crippen LogP contribution in [0, 0.1) is 0 Å². The summed E-state index contributed by atoms with van der Waals surface area (Å²) in [5, 5.41) is 9.22. The number of nitrogens with zero attached hydrogens (tertiary/aromatic N) is 2. The smallest absolute Gasteiger partial charge is 0.0965 e. The average Bonchev–Trinajstić information content (AvgIpc) is 3.02. The van der Waals surface area contributed by atoms with Crippen molar-refractivity contribution >= 4 is 22.1 Å². The molecule has 2 aromatic heterocycles. The third kappa shape index (κ3) is 2.86. The summed E-state index contributed by atoms with van der Waals surface area (Å²) >= 11 is 1.72. The summed E-state index contributed by atoms with van der Waals surface area (Å²) in [5.41, 5.74) is 1.32. The molecule has 1 unspecified atom stereocenters. The van der Waals surface area contributed by atoms with Crippen LogP contribution < -0.4 is 5.32 Å². The number of rotatable bonds is 5. The van der Waals surface area contributed by atoms with E-state index in [-0.39, 0.29) is 0 Å². The largest absolute Gasteiger partial charge is 0.312 e. The molecule has 20 heavy (non-hydrogen) atoms. The van der Waals surface area contributed by atoms with Gasteiger partial charge in [0.1, 0.15) is 0 Å². The fraction of sp³-hybridized carbons (Fsp3) is 0.250. The Bertz CT molecular complexity index is 674. The van der Waals surface area contributed by atoms with Crippen molar-refractivity contribution in [1.82, 2.24) is 15.3 Å². The number of fused-ring (bicyclic) bond motifs is 1. The van der Waals surface area contributed by atoms with Gasteiger partial charge in [-0.3, -0.25) is 4.98 Å². The zero-order valence-corrected chi connectivity index (χ0v) is 12.2. The lowest BCUT2D eigenvalue weighted by atomic mass is 10.1. The summed E-state index contributed by atoms with van der Waals surface area (Å²) in [4.78, 5) is 8.53. The highest BCUT2D eigenvalue weighted by atomic mass is 32.1. The van der Waals surface area contributed by atoms with Crippen molar-refractivity contribution in [3.63, 3.8) is 0 Å². The third-order valence-electron chi connectivity index (χ3n) is 3.41. The van der Waals surface area contributed by atoms with Crippen LogP contribution in [0.3, 0.4) is 0 Å². The number of pyridine rings is 1. The lowest BCUT2D eigenvalue weighted by Gasteiger charge is -2.11. The molecule has 0 aliphatic rings. The second-order valence-corrected chi connectivity index (χ2v) is 5.84. The van der Waals surface area contributed by atoms with Gasteiger partial charge in [-0.25, -0.2) is 4.98 Å². The standard InChI is InChI=1S/C16H17N3S/c1-12(16-19-7-8-20-16)9-18-11-14-4-2-3-13-10-17-6-5-15(13)14/h2-8,10,12,18H,9,11H2,1H3. The molecule has 1 aromatic carbocycles. The number of aromatic nitrogens is 2. The van der Waals surface area contributed by atoms with Crippen molar-refractivity contribution in [1.29, 1.82) is 0 Å². The minimum Gasteiger partial charge on any atom is -0.312 e. The molecule has 0 spiro atoms. The van der Waals surface area contributed by atoms with Gasteiger partial charge in [0, 0.05) is 48.4 Å². The molecule has 0 aliphatic carbocycles. The average molecular weight is 283 g/mol. The molecule has 0 aliphatic heterocycles. The van der Waals surface area contributed by atoms with Crippen molar-refractivity contribution < 1.29 is 0 Å². The predicted molar refractivity (Wildman–Crippen MR) is 84.0 cm³/mol. The summed E-state index contributed by atoms with van der Waals surface area (Å²) in [6.07, 6.45) is 5.63. The maximum atomic E-state index is 4.36. The summed E-state index contributed by atoms with van der Waals surface area (Å²) < 4.78 is 0. The molecule has 2 heterocycles. The second-order valence-electron chi connectivity index (χ2n) is 4.92. The van der Waals surface area contributed by atoms with Gasteiger partial charge in [-0.05, 0) is 17.0 Å². The first-order valence-corrected chi connectivity index (χ1v) is 7.64. The SMILES string of the molecule is CC(CNCc1cccc2cnccc12)c1nccs1. The lowest BCUT2D eigenvalue weighted by molar-refractivity contribution is 0.614. The Kier molecular flexibility index (Phi) is 4.04. The molecule has 0 fully saturated rings. The van der Waals surface area contributed by atoms with E-state index in [2.05, 4.69) is 46.5 Å². The van der Waals surface area contributed by atoms with Crippen LogP contribution in [0.15, 0.2) is 48.2 Å². The Labute approximate surface area is 122 Å². The maximum Gasteiger partial charge on any atom is 0.0965 e. The zero-order valence-electron chi connectivity index (χ0n) is 11.4. The molecule has 3 aromatic rings. The van der Waals surface area contributed by atoms with Gasteiger partial charge in [0.15, 0.2) is 0 Å². The van der Waals surface area contributed by atoms with Crippen LogP contribution in [-0.4, -0.2) is 16.5 Å². The molecular weight excluding hydrogens is 266 g/mol. The van der Waals surface area contributed by atoms with E-state index in [4.69, 9.17) is 0 Å². The fourth-order valence-corrected chi connectivity index (χ4v) is 3.03. The number of thiazole rings is 1. The summed E-state index contributed by atoms with van der Waals surface area (Å²) in [6, 6.07) is 8.44. The van der Waals surface area contributed by atoms with Gasteiger partial charge in [-0.1, -0.05) is 25.1 Å². The third-order valence-corrected chi connectivity index (χ3v) is 4.42. The van der Waals surface area contributed by atoms with E-state index in [9.17, 15) is 0 Å². The first kappa shape index (κ1) is 13.2. The molecule has 3 rings (SSSR count). The van der Waals surface area contributed by atoms with E-state index in [1.54, 1.807) is 11.3 Å². The van der Waals surface area contributed by atoms with Crippen molar-refractivity contribution in [2.75, 3.05) is 6.54 Å². The molecule has 0 saturated heterocycles. The second kappa shape index (κ2) is 6.11. The number of benzene rings is 1. The van der Waals surface area contributed by atoms with E-state index in [1.165, 1.54) is 21.3 Å². The van der Waals surface area contributed by atoms with E-state index < -0.39 is 0 Å². The molecule has 102 valence electrons. The highest BCUT2D eigenvalue weighted by Crippen LogP contribution is 2.19. The van der Waals surface area contributed by atoms with Crippen LogP contribution in [0.4, 0.5) is 0 Å². The van der Waals surface area contributed by atoms with Gasteiger partial charge < -0.3 is 5.32 Å². The molecule has 0 amide bonds. The first-order valence-electron chi connectivity index (χ1n) is 6.76. The van der Waals surface area contributed by atoms with E-state index >= 15 is 0 Å². The van der Waals surface area contributed by atoms with E-state index in [0.717, 1.165) is 13.1 Å². The van der Waals surface area contributed by atoms with Crippen LogP contribution in [0.25, 0.3) is 10.8 Å². The molecule has 0 saturated carbocycles. The van der Waals surface area contributed by atoms with Gasteiger partial charge in [0.2, 0.25) is 0 Å². The first-order chi connectivity index (χ1) is 9.84. The van der Waals surface area contributed by atoms with E-state index in [1.807, 2.05) is 24.0 Å². The highest BCUT2D eigenvalue weighted by molar-refractivity contribution is 7.09. The Morgan fingerprint density at radius 1 is 1.25 bits per heavy atom. The lowest BCUT2D eigenvalue weighted by Crippen LogP contribution is -2.19. The molecule has 0 radical (unpaired) electrons. The highest BCUT2D eigenvalue weighted by Gasteiger charge is 2.07. The van der Waals surface area contributed by atoms with Gasteiger partial charge in [0.05, 0.1) is 5.01 Å². The Hall–Kier alpha value is -1.78. The molecule has 1 atom stereocenters. The number of hydrogen-bond acceptors (Lipinski definition) is 4. The minimum atomic E-state index is 0.451. The van der Waals surface area contributed by atoms with Gasteiger partial charge >= 0.3 is 0 Å². The molecule has 1 N–H and O–H groups in total. The zero-order chi connectivity index (χ0) is 13.8. The summed E-state index contributed by atoms with van der Waals surface area (Å²) in [7, 11) is 0. The van der Waals surface area contributed by atoms with Crippen LogP contribution in [0.5, 0.6) is 0 Å². The number of hydrogen-bond donors (Lipinski definition) is 1. The summed E-state index contributed by atoms with van der Waals surface area (Å²) in [6.45, 7) is 4.02. The van der Waals surface area contributed by atoms with Crippen molar-refractivity contribution in [2.45, 2.75) is 19.4 Å². The van der Waals surface area contributed by atoms with Crippen molar-refractivity contribution in [2.24, 2.45) is 0 Å². The molecule has 3 nitrogen and oxygen atoms in total. The van der Waals surface area contributed by atoms with E-state index in [0.29, 0.717) is 5.92 Å². The van der Waals surface area contributed by atoms with Gasteiger partial charge in [-0.2, -0.15) is 0 Å². The maximum absolute atomic E-state index is 4.36. The molecular formula is C16H17N3S. The Morgan fingerprint density at radius 2 is 2.20 bits per heavy atom. The van der Waals surface area contributed by atoms with Crippen LogP contribution in [-0.2, 0) is 6.54 Å². The molecule has 0 bridgehead atoms. The van der Waals surface area contributed by atoms with Crippen molar-refractivity contribution in [3.8, 4) is 0 Å². The molecule has 4 heteroatoms. The number of nitrogens with one attached hydrogen (secondary N) is 1. The predicted octanol–water partition coefficient (Wildman–Crippen LogP) is 3.58. The topological polar surface area (TPSA) is 37.8 Å². The van der Waals surface area contributed by atoms with Crippen LogP contribution in [0.1, 0.15) is 23.4 Å². The monoisotopic (exact) mass is 283 g/mol. The van der Waals surface area contributed by atoms with Gasteiger partial charge in [0.25, 0.3) is 0 Å². The minimum absolute atomic E-state index is 0.451. The fourth-order valence-electron chi connectivity index (χ4n) is 2.33.